The number of piperidine rings is 2. The molecule has 20 heavy (non-hydrogen) atoms. The molecular weight excluding hydrogens is 276 g/mol. The van der Waals surface area contributed by atoms with Crippen LogP contribution in [0.25, 0.3) is 0 Å². The van der Waals surface area contributed by atoms with E-state index in [-0.39, 0.29) is 18.3 Å². The largest absolute Gasteiger partial charge is 0.337 e. The number of rotatable bonds is 1. The Morgan fingerprint density at radius 3 is 2.45 bits per heavy atom. The van der Waals surface area contributed by atoms with Crippen LogP contribution in [0, 0.1) is 5.41 Å². The Kier molecular flexibility index (Phi) is 4.70. The molecule has 1 aromatic rings. The molecule has 0 aliphatic carbocycles. The van der Waals surface area contributed by atoms with Crippen LogP contribution in [0.1, 0.15) is 36.2 Å². The molecule has 6 heteroatoms. The standard InChI is InChI=1S/C14H22N4O.ClH/c1-17-12(2-7-16-17)13(19)18-10-5-14(6-11-18)3-8-15-9-4-14;/h2,7,15H,3-6,8-11H2,1H3;1H. The van der Waals surface area contributed by atoms with Gasteiger partial charge in [-0.05, 0) is 50.3 Å². The maximum Gasteiger partial charge on any atom is 0.272 e. The second-order valence-corrected chi connectivity index (χ2v) is 5.88. The molecule has 0 bridgehead atoms. The second-order valence-electron chi connectivity index (χ2n) is 5.88. The number of carbonyl (C=O) groups is 1. The molecule has 0 saturated carbocycles. The van der Waals surface area contributed by atoms with Gasteiger partial charge in [-0.2, -0.15) is 5.10 Å². The number of aryl methyl sites for hydroxylation is 1. The third-order valence-corrected chi connectivity index (χ3v) is 4.82. The number of carbonyl (C=O) groups excluding carboxylic acids is 1. The summed E-state index contributed by atoms with van der Waals surface area (Å²) in [5.74, 6) is 0.129. The zero-order valence-electron chi connectivity index (χ0n) is 12.0. The van der Waals surface area contributed by atoms with Crippen molar-refractivity contribution in [3.63, 3.8) is 0 Å². The molecule has 2 aliphatic rings. The SMILES string of the molecule is Cl.Cn1nccc1C(=O)N1CCC2(CCNCC2)CC1. The van der Waals surface area contributed by atoms with E-state index >= 15 is 0 Å². The topological polar surface area (TPSA) is 50.2 Å². The molecule has 1 spiro atoms. The van der Waals surface area contributed by atoms with Gasteiger partial charge in [0.15, 0.2) is 0 Å². The van der Waals surface area contributed by atoms with Crippen molar-refractivity contribution in [3.8, 4) is 0 Å². The third-order valence-electron chi connectivity index (χ3n) is 4.82. The number of aromatic nitrogens is 2. The lowest BCUT2D eigenvalue weighted by atomic mass is 9.71. The van der Waals surface area contributed by atoms with Gasteiger partial charge < -0.3 is 10.2 Å². The van der Waals surface area contributed by atoms with Crippen LogP contribution in [-0.2, 0) is 7.05 Å². The van der Waals surface area contributed by atoms with Crippen LogP contribution in [0.2, 0.25) is 0 Å². The van der Waals surface area contributed by atoms with Crippen molar-refractivity contribution in [2.24, 2.45) is 12.5 Å². The summed E-state index contributed by atoms with van der Waals surface area (Å²) in [6.07, 6.45) is 6.52. The average molecular weight is 299 g/mol. The minimum absolute atomic E-state index is 0. The molecule has 1 amide bonds. The lowest BCUT2D eigenvalue weighted by molar-refractivity contribution is 0.0486. The first-order valence-electron chi connectivity index (χ1n) is 7.18. The van der Waals surface area contributed by atoms with Gasteiger partial charge in [0, 0.05) is 26.3 Å². The smallest absolute Gasteiger partial charge is 0.272 e. The molecule has 0 unspecified atom stereocenters. The van der Waals surface area contributed by atoms with Crippen LogP contribution < -0.4 is 5.32 Å². The van der Waals surface area contributed by atoms with Crippen LogP contribution in [0.3, 0.4) is 0 Å². The minimum atomic E-state index is 0. The first-order chi connectivity index (χ1) is 9.20. The zero-order chi connectivity index (χ0) is 13.3. The predicted molar refractivity (Wildman–Crippen MR) is 80.1 cm³/mol. The van der Waals surface area contributed by atoms with Crippen LogP contribution in [-0.4, -0.2) is 46.8 Å². The van der Waals surface area contributed by atoms with Gasteiger partial charge in [0.05, 0.1) is 0 Å². The van der Waals surface area contributed by atoms with E-state index in [1.165, 1.54) is 12.8 Å². The predicted octanol–water partition coefficient (Wildman–Crippen LogP) is 1.45. The summed E-state index contributed by atoms with van der Waals surface area (Å²) in [5, 5.41) is 7.50. The number of hydrogen-bond donors (Lipinski definition) is 1. The summed E-state index contributed by atoms with van der Waals surface area (Å²) in [5.41, 5.74) is 1.19. The number of likely N-dealkylation sites (tertiary alicyclic amines) is 1. The van der Waals surface area contributed by atoms with Crippen molar-refractivity contribution in [1.82, 2.24) is 20.0 Å². The summed E-state index contributed by atoms with van der Waals surface area (Å²) in [7, 11) is 1.82. The van der Waals surface area contributed by atoms with Gasteiger partial charge in [-0.25, -0.2) is 0 Å². The van der Waals surface area contributed by atoms with E-state index < -0.39 is 0 Å². The summed E-state index contributed by atoms with van der Waals surface area (Å²) >= 11 is 0. The molecule has 0 aromatic carbocycles. The number of hydrogen-bond acceptors (Lipinski definition) is 3. The van der Waals surface area contributed by atoms with Crippen molar-refractivity contribution < 1.29 is 4.79 Å². The minimum Gasteiger partial charge on any atom is -0.337 e. The van der Waals surface area contributed by atoms with Gasteiger partial charge in [-0.3, -0.25) is 9.48 Å². The van der Waals surface area contributed by atoms with Crippen molar-refractivity contribution in [2.45, 2.75) is 25.7 Å². The fraction of sp³-hybridized carbons (Fsp3) is 0.714. The summed E-state index contributed by atoms with van der Waals surface area (Å²) in [6, 6.07) is 1.80. The van der Waals surface area contributed by atoms with Crippen molar-refractivity contribution in [3.05, 3.63) is 18.0 Å². The van der Waals surface area contributed by atoms with Crippen molar-refractivity contribution in [2.75, 3.05) is 26.2 Å². The fourth-order valence-electron chi connectivity index (χ4n) is 3.39. The van der Waals surface area contributed by atoms with Crippen LogP contribution in [0.15, 0.2) is 12.3 Å². The lowest BCUT2D eigenvalue weighted by Gasteiger charge is -2.44. The summed E-state index contributed by atoms with van der Waals surface area (Å²) < 4.78 is 1.66. The molecular formula is C14H23ClN4O. The van der Waals surface area contributed by atoms with E-state index in [2.05, 4.69) is 10.4 Å². The Labute approximate surface area is 126 Å². The van der Waals surface area contributed by atoms with Crippen LogP contribution in [0.4, 0.5) is 0 Å². The van der Waals surface area contributed by atoms with Gasteiger partial charge >= 0.3 is 0 Å². The van der Waals surface area contributed by atoms with Crippen LogP contribution in [0.5, 0.6) is 0 Å². The van der Waals surface area contributed by atoms with Gasteiger partial charge in [0.2, 0.25) is 0 Å². The van der Waals surface area contributed by atoms with Gasteiger partial charge in [-0.1, -0.05) is 0 Å². The van der Waals surface area contributed by atoms with Crippen molar-refractivity contribution in [1.29, 1.82) is 0 Å². The first-order valence-corrected chi connectivity index (χ1v) is 7.18. The molecule has 0 radical (unpaired) electrons. The Balaban J connectivity index is 0.00000147. The maximum atomic E-state index is 12.4. The molecule has 1 N–H and O–H groups in total. The third kappa shape index (κ3) is 2.83. The molecule has 1 aromatic heterocycles. The van der Waals surface area contributed by atoms with Crippen LogP contribution >= 0.6 is 12.4 Å². The molecule has 3 heterocycles. The molecule has 112 valence electrons. The van der Waals surface area contributed by atoms with E-state index in [1.54, 1.807) is 16.9 Å². The summed E-state index contributed by atoms with van der Waals surface area (Å²) in [6.45, 7) is 4.05. The molecule has 5 nitrogen and oxygen atoms in total. The Bertz CT molecular complexity index is 457. The molecule has 2 fully saturated rings. The first kappa shape index (κ1) is 15.3. The van der Waals surface area contributed by atoms with Gasteiger partial charge in [-0.15, -0.1) is 12.4 Å². The molecule has 2 aliphatic heterocycles. The molecule has 3 rings (SSSR count). The highest BCUT2D eigenvalue weighted by atomic mass is 35.5. The molecule has 0 atom stereocenters. The number of halogens is 1. The van der Waals surface area contributed by atoms with Crippen molar-refractivity contribution >= 4 is 18.3 Å². The van der Waals surface area contributed by atoms with E-state index in [9.17, 15) is 4.79 Å². The number of nitrogens with one attached hydrogen (secondary N) is 1. The monoisotopic (exact) mass is 298 g/mol. The Morgan fingerprint density at radius 1 is 1.25 bits per heavy atom. The number of amides is 1. The highest BCUT2D eigenvalue weighted by molar-refractivity contribution is 5.92. The molecule has 2 saturated heterocycles. The normalized spacial score (nSPS) is 21.6. The maximum absolute atomic E-state index is 12.4. The van der Waals surface area contributed by atoms with E-state index in [1.807, 2.05) is 11.9 Å². The second kappa shape index (κ2) is 6.14. The van der Waals surface area contributed by atoms with Gasteiger partial charge in [0.25, 0.3) is 5.91 Å². The highest BCUT2D eigenvalue weighted by Crippen LogP contribution is 2.39. The lowest BCUT2D eigenvalue weighted by Crippen LogP contribution is -2.47. The fourth-order valence-corrected chi connectivity index (χ4v) is 3.39. The Morgan fingerprint density at radius 2 is 1.90 bits per heavy atom. The number of nitrogens with zero attached hydrogens (tertiary/aromatic N) is 3. The zero-order valence-corrected chi connectivity index (χ0v) is 12.8. The van der Waals surface area contributed by atoms with Gasteiger partial charge in [0.1, 0.15) is 5.69 Å². The quantitative estimate of drug-likeness (QED) is 0.854. The van der Waals surface area contributed by atoms with E-state index in [4.69, 9.17) is 0 Å². The summed E-state index contributed by atoms with van der Waals surface area (Å²) in [4.78, 5) is 14.4. The van der Waals surface area contributed by atoms with E-state index in [0.29, 0.717) is 11.1 Å². The highest BCUT2D eigenvalue weighted by Gasteiger charge is 2.37. The Hall–Kier alpha value is -1.07. The average Bonchev–Trinajstić information content (AvgIpc) is 2.86. The van der Waals surface area contributed by atoms with E-state index in [0.717, 1.165) is 39.0 Å².